The molecular formula is C46H91NO2. The largest absolute Gasteiger partial charge is 0.344 e. The number of fused-ring (bicyclic) bond motifs is 1. The highest BCUT2D eigenvalue weighted by Crippen LogP contribution is 2.44. The van der Waals surface area contributed by atoms with Crippen molar-refractivity contribution in [2.45, 2.75) is 270 Å². The summed E-state index contributed by atoms with van der Waals surface area (Å²) in [5, 5.41) is 0. The molecule has 2 rings (SSSR count). The van der Waals surface area contributed by atoms with Gasteiger partial charge in [-0.2, -0.15) is 0 Å². The molecule has 292 valence electrons. The molecule has 1 aliphatic carbocycles. The van der Waals surface area contributed by atoms with Crippen LogP contribution in [0.1, 0.15) is 246 Å². The SMILES string of the molecule is CCCCCCC(C)CCCCCCCCCCCC1(CCCCCCCCCCCC(C)CCCCCC)OC2CC(N(C)C)CC2O1. The summed E-state index contributed by atoms with van der Waals surface area (Å²) in [5.74, 6) is 1.60. The van der Waals surface area contributed by atoms with Gasteiger partial charge < -0.3 is 14.4 Å². The van der Waals surface area contributed by atoms with Crippen molar-refractivity contribution in [3.05, 3.63) is 0 Å². The third kappa shape index (κ3) is 21.9. The molecule has 2 aliphatic rings. The quantitative estimate of drug-likeness (QED) is 0.0618. The molecule has 0 aromatic rings. The first-order valence-electron chi connectivity index (χ1n) is 22.9. The van der Waals surface area contributed by atoms with Crippen LogP contribution in [-0.4, -0.2) is 43.0 Å². The lowest BCUT2D eigenvalue weighted by Crippen LogP contribution is -2.34. The summed E-state index contributed by atoms with van der Waals surface area (Å²) >= 11 is 0. The molecule has 4 atom stereocenters. The highest BCUT2D eigenvalue weighted by atomic mass is 16.8. The fourth-order valence-electron chi connectivity index (χ4n) is 8.92. The summed E-state index contributed by atoms with van der Waals surface area (Å²) in [6.45, 7) is 9.58. The number of rotatable bonds is 35. The van der Waals surface area contributed by atoms with Crippen molar-refractivity contribution in [1.29, 1.82) is 0 Å². The summed E-state index contributed by atoms with van der Waals surface area (Å²) < 4.78 is 13.7. The third-order valence-electron chi connectivity index (χ3n) is 12.5. The Bertz CT molecular complexity index is 668. The number of hydrogen-bond acceptors (Lipinski definition) is 3. The number of nitrogens with zero attached hydrogens (tertiary/aromatic N) is 1. The maximum absolute atomic E-state index is 6.87. The van der Waals surface area contributed by atoms with Crippen molar-refractivity contribution < 1.29 is 9.47 Å². The molecule has 0 bridgehead atoms. The molecule has 3 heteroatoms. The van der Waals surface area contributed by atoms with E-state index in [1.54, 1.807) is 0 Å². The zero-order chi connectivity index (χ0) is 35.4. The molecule has 1 heterocycles. The first-order valence-corrected chi connectivity index (χ1v) is 22.9. The molecule has 0 aromatic heterocycles. The van der Waals surface area contributed by atoms with Crippen molar-refractivity contribution in [3.63, 3.8) is 0 Å². The van der Waals surface area contributed by atoms with Crippen LogP contribution in [0.25, 0.3) is 0 Å². The average Bonchev–Trinajstić information content (AvgIpc) is 3.63. The molecule has 1 saturated heterocycles. The van der Waals surface area contributed by atoms with Crippen LogP contribution < -0.4 is 0 Å². The Morgan fingerprint density at radius 3 is 1.04 bits per heavy atom. The summed E-state index contributed by atoms with van der Waals surface area (Å²) in [6, 6.07) is 0.617. The minimum atomic E-state index is -0.285. The second-order valence-electron chi connectivity index (χ2n) is 17.7. The van der Waals surface area contributed by atoms with E-state index >= 15 is 0 Å². The smallest absolute Gasteiger partial charge is 0.169 e. The summed E-state index contributed by atoms with van der Waals surface area (Å²) in [7, 11) is 4.43. The molecule has 2 fully saturated rings. The Kier molecular flexibility index (Phi) is 27.0. The van der Waals surface area contributed by atoms with Crippen LogP contribution in [0.4, 0.5) is 0 Å². The third-order valence-corrected chi connectivity index (χ3v) is 12.5. The van der Waals surface area contributed by atoms with Gasteiger partial charge in [-0.15, -0.1) is 0 Å². The second kappa shape index (κ2) is 29.3. The van der Waals surface area contributed by atoms with Gasteiger partial charge in [0.15, 0.2) is 5.79 Å². The molecular weight excluding hydrogens is 599 g/mol. The van der Waals surface area contributed by atoms with Gasteiger partial charge in [0.2, 0.25) is 0 Å². The van der Waals surface area contributed by atoms with E-state index in [-0.39, 0.29) is 5.79 Å². The molecule has 0 spiro atoms. The van der Waals surface area contributed by atoms with Crippen LogP contribution in [0.15, 0.2) is 0 Å². The van der Waals surface area contributed by atoms with E-state index in [0.29, 0.717) is 18.2 Å². The monoisotopic (exact) mass is 690 g/mol. The summed E-state index contributed by atoms with van der Waals surface area (Å²) in [6.07, 6.45) is 47.6. The van der Waals surface area contributed by atoms with Crippen molar-refractivity contribution >= 4 is 0 Å². The van der Waals surface area contributed by atoms with Crippen molar-refractivity contribution in [3.8, 4) is 0 Å². The Morgan fingerprint density at radius 2 is 0.735 bits per heavy atom. The molecule has 49 heavy (non-hydrogen) atoms. The molecule has 0 aromatic carbocycles. The van der Waals surface area contributed by atoms with Gasteiger partial charge in [-0.25, -0.2) is 0 Å². The zero-order valence-corrected chi connectivity index (χ0v) is 34.7. The fraction of sp³-hybridized carbons (Fsp3) is 1.00. The predicted molar refractivity (Wildman–Crippen MR) is 217 cm³/mol. The lowest BCUT2D eigenvalue weighted by atomic mass is 9.96. The van der Waals surface area contributed by atoms with E-state index in [4.69, 9.17) is 9.47 Å². The summed E-state index contributed by atoms with van der Waals surface area (Å²) in [5.41, 5.74) is 0. The normalized spacial score (nSPS) is 23.4. The van der Waals surface area contributed by atoms with E-state index < -0.39 is 0 Å². The Hall–Kier alpha value is -0.120. The Morgan fingerprint density at radius 1 is 0.449 bits per heavy atom. The van der Waals surface area contributed by atoms with Crippen LogP contribution in [-0.2, 0) is 9.47 Å². The Balaban J connectivity index is 1.52. The van der Waals surface area contributed by atoms with Crippen LogP contribution in [0.3, 0.4) is 0 Å². The van der Waals surface area contributed by atoms with Crippen molar-refractivity contribution in [2.24, 2.45) is 11.8 Å². The average molecular weight is 690 g/mol. The van der Waals surface area contributed by atoms with E-state index in [0.717, 1.165) is 37.5 Å². The van der Waals surface area contributed by atoms with E-state index in [9.17, 15) is 0 Å². The maximum atomic E-state index is 6.87. The predicted octanol–water partition coefficient (Wildman–Crippen LogP) is 15.0. The number of unbranched alkanes of at least 4 members (excludes halogenated alkanes) is 22. The van der Waals surface area contributed by atoms with Gasteiger partial charge in [0, 0.05) is 18.9 Å². The number of hydrogen-bond donors (Lipinski definition) is 0. The minimum absolute atomic E-state index is 0.285. The molecule has 1 aliphatic heterocycles. The molecule has 0 amide bonds. The van der Waals surface area contributed by atoms with Crippen molar-refractivity contribution in [1.82, 2.24) is 4.90 Å². The van der Waals surface area contributed by atoms with Crippen LogP contribution >= 0.6 is 0 Å². The van der Waals surface area contributed by atoms with E-state index in [1.807, 2.05) is 0 Å². The van der Waals surface area contributed by atoms with Crippen LogP contribution in [0.2, 0.25) is 0 Å². The maximum Gasteiger partial charge on any atom is 0.169 e. The first kappa shape index (κ1) is 45.0. The molecule has 4 unspecified atom stereocenters. The first-order chi connectivity index (χ1) is 23.9. The second-order valence-corrected chi connectivity index (χ2v) is 17.7. The van der Waals surface area contributed by atoms with Gasteiger partial charge in [-0.05, 0) is 51.6 Å². The van der Waals surface area contributed by atoms with Gasteiger partial charge in [0.1, 0.15) is 0 Å². The fourth-order valence-corrected chi connectivity index (χ4v) is 8.92. The topological polar surface area (TPSA) is 21.7 Å². The molecule has 3 nitrogen and oxygen atoms in total. The van der Waals surface area contributed by atoms with Gasteiger partial charge in [-0.3, -0.25) is 0 Å². The molecule has 0 radical (unpaired) electrons. The van der Waals surface area contributed by atoms with Crippen LogP contribution in [0.5, 0.6) is 0 Å². The lowest BCUT2D eigenvalue weighted by Gasteiger charge is -2.31. The van der Waals surface area contributed by atoms with E-state index in [2.05, 4.69) is 46.7 Å². The van der Waals surface area contributed by atoms with Gasteiger partial charge in [-0.1, -0.05) is 207 Å². The van der Waals surface area contributed by atoms with Gasteiger partial charge in [0.25, 0.3) is 0 Å². The Labute approximate surface area is 309 Å². The lowest BCUT2D eigenvalue weighted by molar-refractivity contribution is -0.193. The minimum Gasteiger partial charge on any atom is -0.344 e. The zero-order valence-electron chi connectivity index (χ0n) is 34.7. The number of ether oxygens (including phenoxy) is 2. The molecule has 0 N–H and O–H groups in total. The van der Waals surface area contributed by atoms with E-state index in [1.165, 1.54) is 193 Å². The highest BCUT2D eigenvalue weighted by molar-refractivity contribution is 4.96. The van der Waals surface area contributed by atoms with Crippen LogP contribution in [0, 0.1) is 11.8 Å². The standard InChI is InChI=1S/C46H91NO2/c1-7-9-11-27-33-41(3)35-29-23-19-15-13-17-21-25-31-37-46(48-44-39-43(47(5)6)40-45(44)49-46)38-32-26-22-18-14-16-20-24-30-36-42(4)34-28-12-10-8-2/h41-45H,7-40H2,1-6H3. The van der Waals surface area contributed by atoms with Crippen molar-refractivity contribution in [2.75, 3.05) is 14.1 Å². The summed E-state index contributed by atoms with van der Waals surface area (Å²) in [4.78, 5) is 2.37. The highest BCUT2D eigenvalue weighted by Gasteiger charge is 2.51. The molecule has 1 saturated carbocycles. The van der Waals surface area contributed by atoms with Gasteiger partial charge in [0.05, 0.1) is 12.2 Å². The van der Waals surface area contributed by atoms with Gasteiger partial charge >= 0.3 is 0 Å².